The van der Waals surface area contributed by atoms with E-state index in [0.29, 0.717) is 20.1 Å². The fourth-order valence-electron chi connectivity index (χ4n) is 2.73. The van der Waals surface area contributed by atoms with Gasteiger partial charge in [-0.05, 0) is 53.9 Å². The summed E-state index contributed by atoms with van der Waals surface area (Å²) in [6.45, 7) is 4.36. The van der Waals surface area contributed by atoms with E-state index in [1.807, 2.05) is 24.3 Å². The lowest BCUT2D eigenvalue weighted by atomic mass is 9.73. The largest absolute Gasteiger partial charge is 0.0843 e. The molecule has 0 aromatic heterocycles. The number of hydrogen-bond donors (Lipinski definition) is 0. The van der Waals surface area contributed by atoms with Crippen molar-refractivity contribution in [2.45, 2.75) is 38.5 Å². The summed E-state index contributed by atoms with van der Waals surface area (Å²) in [5.74, 6) is 0. The van der Waals surface area contributed by atoms with Crippen LogP contribution in [0.25, 0.3) is 0 Å². The Balaban J connectivity index is 2.60. The molecule has 0 spiro atoms. The number of hydrogen-bond acceptors (Lipinski definition) is 0. The van der Waals surface area contributed by atoms with E-state index < -0.39 is 0 Å². The van der Waals surface area contributed by atoms with Gasteiger partial charge >= 0.3 is 0 Å². The maximum absolute atomic E-state index is 6.20. The Bertz CT molecular complexity index is 572. The molecule has 0 heterocycles. The van der Waals surface area contributed by atoms with Gasteiger partial charge in [0.2, 0.25) is 0 Å². The third-order valence-corrected chi connectivity index (χ3v) is 4.90. The molecule has 0 atom stereocenters. The van der Waals surface area contributed by atoms with Crippen molar-refractivity contribution in [3.05, 3.63) is 67.6 Å². The first-order valence-electron chi connectivity index (χ1n) is 7.28. The van der Waals surface area contributed by atoms with Gasteiger partial charge in [-0.1, -0.05) is 73.1 Å². The smallest absolute Gasteiger partial charge is 0.0423 e. The van der Waals surface area contributed by atoms with Crippen LogP contribution < -0.4 is 0 Å². The highest BCUT2D eigenvalue weighted by Crippen LogP contribution is 2.40. The third kappa shape index (κ3) is 4.11. The van der Waals surface area contributed by atoms with Crippen LogP contribution in [0.1, 0.15) is 44.2 Å². The lowest BCUT2D eigenvalue weighted by molar-refractivity contribution is 0.493. The van der Waals surface area contributed by atoms with Crippen molar-refractivity contribution < 1.29 is 0 Å². The Morgan fingerprint density at radius 3 is 1.41 bits per heavy atom. The Morgan fingerprint density at radius 1 is 0.727 bits per heavy atom. The molecule has 0 unspecified atom stereocenters. The van der Waals surface area contributed by atoms with Crippen LogP contribution in [-0.2, 0) is 5.41 Å². The summed E-state index contributed by atoms with van der Waals surface area (Å²) in [5, 5.41) is 2.55. The van der Waals surface area contributed by atoms with Gasteiger partial charge in [0.1, 0.15) is 0 Å². The van der Waals surface area contributed by atoms with Gasteiger partial charge in [-0.25, -0.2) is 0 Å². The van der Waals surface area contributed by atoms with E-state index in [1.54, 1.807) is 12.1 Å². The molecule has 0 radical (unpaired) electrons. The SMILES string of the molecule is CCCCC(C)(c1cc(Cl)cc(Cl)c1)c1cc(Cl)cc(Cl)c1. The molecular weight excluding hydrogens is 358 g/mol. The van der Waals surface area contributed by atoms with E-state index in [-0.39, 0.29) is 5.41 Å². The Hall–Kier alpha value is -0.400. The third-order valence-electron chi connectivity index (χ3n) is 4.03. The molecule has 22 heavy (non-hydrogen) atoms. The fraction of sp³-hybridized carbons (Fsp3) is 0.333. The maximum atomic E-state index is 6.20. The molecule has 0 aliphatic rings. The van der Waals surface area contributed by atoms with Gasteiger partial charge in [-0.2, -0.15) is 0 Å². The fourth-order valence-corrected chi connectivity index (χ4v) is 3.78. The molecule has 0 amide bonds. The molecule has 0 aliphatic heterocycles. The van der Waals surface area contributed by atoms with Crippen molar-refractivity contribution in [1.82, 2.24) is 0 Å². The topological polar surface area (TPSA) is 0 Å². The van der Waals surface area contributed by atoms with E-state index in [9.17, 15) is 0 Å². The van der Waals surface area contributed by atoms with Crippen LogP contribution in [0.4, 0.5) is 0 Å². The summed E-state index contributed by atoms with van der Waals surface area (Å²) in [5.41, 5.74) is 1.92. The maximum Gasteiger partial charge on any atom is 0.0423 e. The summed E-state index contributed by atoms with van der Waals surface area (Å²) >= 11 is 24.8. The van der Waals surface area contributed by atoms with E-state index in [2.05, 4.69) is 13.8 Å². The first-order chi connectivity index (χ1) is 10.3. The minimum absolute atomic E-state index is 0.237. The molecule has 0 saturated heterocycles. The summed E-state index contributed by atoms with van der Waals surface area (Å²) in [7, 11) is 0. The van der Waals surface area contributed by atoms with Gasteiger partial charge in [0.25, 0.3) is 0 Å². The molecule has 0 N–H and O–H groups in total. The normalized spacial score (nSPS) is 11.7. The molecule has 2 aromatic carbocycles. The van der Waals surface area contributed by atoms with E-state index >= 15 is 0 Å². The van der Waals surface area contributed by atoms with E-state index in [1.165, 1.54) is 0 Å². The van der Waals surface area contributed by atoms with Crippen molar-refractivity contribution in [3.63, 3.8) is 0 Å². The van der Waals surface area contributed by atoms with Crippen molar-refractivity contribution in [2.24, 2.45) is 0 Å². The van der Waals surface area contributed by atoms with Crippen LogP contribution in [0.3, 0.4) is 0 Å². The molecule has 4 heteroatoms. The van der Waals surface area contributed by atoms with Gasteiger partial charge in [-0.15, -0.1) is 0 Å². The summed E-state index contributed by atoms with van der Waals surface area (Å²) < 4.78 is 0. The lowest BCUT2D eigenvalue weighted by Crippen LogP contribution is -2.24. The lowest BCUT2D eigenvalue weighted by Gasteiger charge is -2.32. The van der Waals surface area contributed by atoms with Crippen molar-refractivity contribution in [3.8, 4) is 0 Å². The second-order valence-electron chi connectivity index (χ2n) is 5.75. The average Bonchev–Trinajstić information content (AvgIpc) is 2.42. The molecule has 0 bridgehead atoms. The predicted molar refractivity (Wildman–Crippen MR) is 98.9 cm³/mol. The molecule has 0 aliphatic carbocycles. The highest BCUT2D eigenvalue weighted by Gasteiger charge is 2.29. The zero-order chi connectivity index (χ0) is 16.3. The zero-order valence-electron chi connectivity index (χ0n) is 12.6. The zero-order valence-corrected chi connectivity index (χ0v) is 15.6. The molecule has 2 aromatic rings. The number of benzene rings is 2. The second kappa shape index (κ2) is 7.45. The van der Waals surface area contributed by atoms with Crippen molar-refractivity contribution >= 4 is 46.4 Å². The average molecular weight is 376 g/mol. The van der Waals surface area contributed by atoms with Crippen LogP contribution in [0.5, 0.6) is 0 Å². The van der Waals surface area contributed by atoms with Gasteiger partial charge in [0.15, 0.2) is 0 Å². The highest BCUT2D eigenvalue weighted by molar-refractivity contribution is 6.35. The minimum Gasteiger partial charge on any atom is -0.0843 e. The molecule has 118 valence electrons. The summed E-state index contributed by atoms with van der Waals surface area (Å²) in [6, 6.07) is 11.4. The van der Waals surface area contributed by atoms with Crippen LogP contribution in [0, 0.1) is 0 Å². The standard InChI is InChI=1S/C18H18Cl4/c1-3-4-5-18(2,12-6-14(19)10-15(20)7-12)13-8-16(21)11-17(22)9-13/h6-11H,3-5H2,1-2H3. The molecular formula is C18H18Cl4. The van der Waals surface area contributed by atoms with Gasteiger partial charge in [-0.3, -0.25) is 0 Å². The predicted octanol–water partition coefficient (Wildman–Crippen LogP) is 7.80. The number of rotatable bonds is 5. The molecule has 0 nitrogen and oxygen atoms in total. The van der Waals surface area contributed by atoms with Gasteiger partial charge in [0, 0.05) is 25.5 Å². The molecule has 0 fully saturated rings. The van der Waals surface area contributed by atoms with Crippen LogP contribution >= 0.6 is 46.4 Å². The van der Waals surface area contributed by atoms with Crippen LogP contribution in [0.2, 0.25) is 20.1 Å². The number of halogens is 4. The first kappa shape index (κ1) is 17.9. The van der Waals surface area contributed by atoms with Crippen LogP contribution in [0.15, 0.2) is 36.4 Å². The van der Waals surface area contributed by atoms with Crippen molar-refractivity contribution in [2.75, 3.05) is 0 Å². The second-order valence-corrected chi connectivity index (χ2v) is 7.50. The van der Waals surface area contributed by atoms with Crippen LogP contribution in [-0.4, -0.2) is 0 Å². The monoisotopic (exact) mass is 374 g/mol. The quantitative estimate of drug-likeness (QED) is 0.500. The highest BCUT2D eigenvalue weighted by atomic mass is 35.5. The van der Waals surface area contributed by atoms with Gasteiger partial charge in [0.05, 0.1) is 0 Å². The van der Waals surface area contributed by atoms with E-state index in [4.69, 9.17) is 46.4 Å². The Kier molecular flexibility index (Phi) is 6.07. The molecule has 0 saturated carbocycles. The summed E-state index contributed by atoms with van der Waals surface area (Å²) in [4.78, 5) is 0. The molecule has 2 rings (SSSR count). The Morgan fingerprint density at radius 2 is 1.09 bits per heavy atom. The van der Waals surface area contributed by atoms with Crippen molar-refractivity contribution in [1.29, 1.82) is 0 Å². The van der Waals surface area contributed by atoms with Gasteiger partial charge < -0.3 is 0 Å². The van der Waals surface area contributed by atoms with E-state index in [0.717, 1.165) is 30.4 Å². The first-order valence-corrected chi connectivity index (χ1v) is 8.79. The number of unbranched alkanes of at least 4 members (excludes halogenated alkanes) is 1. The minimum atomic E-state index is -0.237. The Labute approximate surface area is 152 Å². The summed E-state index contributed by atoms with van der Waals surface area (Å²) in [6.07, 6.45) is 3.17.